The number of nitrogens with zero attached hydrogens (tertiary/aromatic N) is 4. The highest BCUT2D eigenvalue weighted by atomic mass is 32.2. The molecule has 3 amide bonds. The predicted molar refractivity (Wildman–Crippen MR) is 127 cm³/mol. The van der Waals surface area contributed by atoms with Crippen LogP contribution in [0.5, 0.6) is 5.75 Å². The van der Waals surface area contributed by atoms with Gasteiger partial charge in [-0.25, -0.2) is 18.1 Å². The minimum absolute atomic E-state index is 0.0253. The summed E-state index contributed by atoms with van der Waals surface area (Å²) in [4.78, 5) is 34.8. The molecule has 198 valence electrons. The molecule has 2 aliphatic heterocycles. The molecule has 1 aliphatic carbocycles. The summed E-state index contributed by atoms with van der Waals surface area (Å²) in [6.45, 7) is 4.91. The molecule has 3 fully saturated rings. The topological polar surface area (TPSA) is 100 Å². The maximum absolute atomic E-state index is 13.6. The van der Waals surface area contributed by atoms with E-state index < -0.39 is 37.7 Å². The number of sulfone groups is 1. The van der Waals surface area contributed by atoms with Crippen LogP contribution in [0.3, 0.4) is 0 Å². The highest BCUT2D eigenvalue weighted by Crippen LogP contribution is 2.56. The van der Waals surface area contributed by atoms with E-state index in [9.17, 15) is 31.2 Å². The molecule has 2 unspecified atom stereocenters. The number of urea groups is 1. The summed E-state index contributed by atoms with van der Waals surface area (Å²) in [5.74, 6) is -0.365. The van der Waals surface area contributed by atoms with Gasteiger partial charge in [-0.3, -0.25) is 19.6 Å². The number of anilines is 2. The summed E-state index contributed by atoms with van der Waals surface area (Å²) in [5, 5.41) is 0. The summed E-state index contributed by atoms with van der Waals surface area (Å²) >= 11 is 0. The van der Waals surface area contributed by atoms with Crippen molar-refractivity contribution < 1.29 is 35.9 Å². The standard InChI is InChI=1S/C24H25F3N4O5S/c1-16-14-23(16)21(32)30(17-4-6-18(7-5-17)37(34,35)24(25,26)27)22(33)31(23)19-8-9-28-15-20(19)36-13-12-29-10-2-3-11-29/h4-9,15-16H,2-3,10-14H2,1H3. The number of hydrogen-bond donors (Lipinski definition) is 0. The van der Waals surface area contributed by atoms with Gasteiger partial charge in [0.1, 0.15) is 12.1 Å². The minimum Gasteiger partial charge on any atom is -0.488 e. The Morgan fingerprint density at radius 3 is 2.35 bits per heavy atom. The van der Waals surface area contributed by atoms with Crippen LogP contribution in [-0.4, -0.2) is 67.5 Å². The van der Waals surface area contributed by atoms with Crippen molar-refractivity contribution in [1.29, 1.82) is 0 Å². The molecule has 37 heavy (non-hydrogen) atoms. The summed E-state index contributed by atoms with van der Waals surface area (Å²) in [5.41, 5.74) is -6.28. The van der Waals surface area contributed by atoms with Gasteiger partial charge in [-0.1, -0.05) is 6.92 Å². The van der Waals surface area contributed by atoms with Crippen LogP contribution >= 0.6 is 0 Å². The molecule has 5 rings (SSSR count). The fraction of sp³-hybridized carbons (Fsp3) is 0.458. The summed E-state index contributed by atoms with van der Waals surface area (Å²) in [6.07, 6.45) is 5.64. The van der Waals surface area contributed by atoms with E-state index in [1.165, 1.54) is 17.3 Å². The highest BCUT2D eigenvalue weighted by molar-refractivity contribution is 7.92. The molecule has 3 heterocycles. The third kappa shape index (κ3) is 4.13. The number of pyridine rings is 1. The number of hydrogen-bond acceptors (Lipinski definition) is 7. The van der Waals surface area contributed by atoms with Crippen LogP contribution in [0, 0.1) is 5.92 Å². The molecule has 2 atom stereocenters. The molecule has 1 aromatic heterocycles. The molecule has 1 aromatic carbocycles. The van der Waals surface area contributed by atoms with Crippen LogP contribution < -0.4 is 14.5 Å². The average Bonchev–Trinajstić information content (AvgIpc) is 3.17. The lowest BCUT2D eigenvalue weighted by Gasteiger charge is -2.25. The largest absolute Gasteiger partial charge is 0.501 e. The zero-order valence-corrected chi connectivity index (χ0v) is 20.8. The van der Waals surface area contributed by atoms with Crippen molar-refractivity contribution in [2.45, 2.75) is 42.1 Å². The zero-order valence-electron chi connectivity index (χ0n) is 19.9. The van der Waals surface area contributed by atoms with Crippen LogP contribution in [0.15, 0.2) is 47.6 Å². The molecule has 1 saturated carbocycles. The van der Waals surface area contributed by atoms with Gasteiger partial charge in [0.2, 0.25) is 0 Å². The van der Waals surface area contributed by atoms with Crippen LogP contribution in [0.25, 0.3) is 0 Å². The fourth-order valence-electron chi connectivity index (χ4n) is 5.08. The van der Waals surface area contributed by atoms with Gasteiger partial charge in [0.05, 0.1) is 22.5 Å². The number of ether oxygens (including phenoxy) is 1. The number of halogens is 3. The third-order valence-corrected chi connectivity index (χ3v) is 8.71. The molecule has 9 nitrogen and oxygen atoms in total. The Bertz CT molecular complexity index is 1330. The Kier molecular flexibility index (Phi) is 6.18. The molecular formula is C24H25F3N4O5S. The van der Waals surface area contributed by atoms with Gasteiger partial charge in [0.25, 0.3) is 15.7 Å². The molecule has 0 bridgehead atoms. The Balaban J connectivity index is 1.44. The number of benzene rings is 1. The van der Waals surface area contributed by atoms with Gasteiger partial charge >= 0.3 is 11.5 Å². The van der Waals surface area contributed by atoms with E-state index in [0.29, 0.717) is 31.0 Å². The fourth-order valence-corrected chi connectivity index (χ4v) is 5.84. The van der Waals surface area contributed by atoms with Gasteiger partial charge in [-0.15, -0.1) is 0 Å². The van der Waals surface area contributed by atoms with Crippen LogP contribution in [-0.2, 0) is 14.6 Å². The first-order chi connectivity index (χ1) is 17.5. The van der Waals surface area contributed by atoms with Crippen molar-refractivity contribution in [1.82, 2.24) is 9.88 Å². The predicted octanol–water partition coefficient (Wildman–Crippen LogP) is 3.60. The number of likely N-dealkylation sites (tertiary alicyclic amines) is 1. The number of imide groups is 1. The maximum atomic E-state index is 13.6. The van der Waals surface area contributed by atoms with E-state index >= 15 is 0 Å². The molecular weight excluding hydrogens is 513 g/mol. The number of carbonyl (C=O) groups is 2. The SMILES string of the molecule is CC1CC12C(=O)N(c1ccc(S(=O)(=O)C(F)(F)F)cc1)C(=O)N2c1ccncc1OCCN1CCCC1. The Labute approximate surface area is 211 Å². The number of carbonyl (C=O) groups excluding carboxylic acids is 2. The lowest BCUT2D eigenvalue weighted by Crippen LogP contribution is -2.39. The van der Waals surface area contributed by atoms with Gasteiger partial charge in [0.15, 0.2) is 5.75 Å². The van der Waals surface area contributed by atoms with Gasteiger partial charge in [0, 0.05) is 12.7 Å². The van der Waals surface area contributed by atoms with Crippen LogP contribution in [0.2, 0.25) is 0 Å². The summed E-state index contributed by atoms with van der Waals surface area (Å²) in [6, 6.07) is 4.42. The van der Waals surface area contributed by atoms with Crippen molar-refractivity contribution in [3.63, 3.8) is 0 Å². The minimum atomic E-state index is -5.56. The quantitative estimate of drug-likeness (QED) is 0.497. The first-order valence-electron chi connectivity index (χ1n) is 11.9. The lowest BCUT2D eigenvalue weighted by atomic mass is 10.1. The zero-order chi connectivity index (χ0) is 26.6. The van der Waals surface area contributed by atoms with E-state index in [4.69, 9.17) is 4.74 Å². The second-order valence-electron chi connectivity index (χ2n) is 9.47. The highest BCUT2D eigenvalue weighted by Gasteiger charge is 2.71. The molecule has 3 aliphatic rings. The van der Waals surface area contributed by atoms with Gasteiger partial charge < -0.3 is 4.74 Å². The van der Waals surface area contributed by atoms with E-state index in [1.54, 1.807) is 6.07 Å². The molecule has 13 heteroatoms. The van der Waals surface area contributed by atoms with Crippen molar-refractivity contribution >= 4 is 33.2 Å². The van der Waals surface area contributed by atoms with Crippen molar-refractivity contribution in [3.05, 3.63) is 42.7 Å². The van der Waals surface area contributed by atoms with E-state index in [0.717, 1.165) is 55.1 Å². The van der Waals surface area contributed by atoms with Crippen molar-refractivity contribution in [2.75, 3.05) is 36.0 Å². The van der Waals surface area contributed by atoms with Crippen molar-refractivity contribution in [3.8, 4) is 5.75 Å². The van der Waals surface area contributed by atoms with Crippen LogP contribution in [0.1, 0.15) is 26.2 Å². The molecule has 0 radical (unpaired) electrons. The van der Waals surface area contributed by atoms with E-state index in [-0.39, 0.29) is 11.6 Å². The van der Waals surface area contributed by atoms with Crippen molar-refractivity contribution in [2.24, 2.45) is 5.92 Å². The van der Waals surface area contributed by atoms with Crippen LogP contribution in [0.4, 0.5) is 29.3 Å². The average molecular weight is 539 g/mol. The lowest BCUT2D eigenvalue weighted by molar-refractivity contribution is -0.119. The first kappa shape index (κ1) is 25.5. The number of rotatable bonds is 7. The monoisotopic (exact) mass is 538 g/mol. The maximum Gasteiger partial charge on any atom is 0.501 e. The smallest absolute Gasteiger partial charge is 0.488 e. The number of amides is 3. The second kappa shape index (κ2) is 8.98. The summed E-state index contributed by atoms with van der Waals surface area (Å²) < 4.78 is 68.2. The molecule has 0 N–H and O–H groups in total. The second-order valence-corrected chi connectivity index (χ2v) is 11.4. The van der Waals surface area contributed by atoms with E-state index in [2.05, 4.69) is 9.88 Å². The van der Waals surface area contributed by atoms with Gasteiger partial charge in [-0.05, 0) is 68.6 Å². The molecule has 2 aromatic rings. The number of aromatic nitrogens is 1. The summed E-state index contributed by atoms with van der Waals surface area (Å²) in [7, 11) is -5.56. The molecule has 1 spiro atoms. The first-order valence-corrected chi connectivity index (χ1v) is 13.4. The Morgan fingerprint density at radius 2 is 1.76 bits per heavy atom. The molecule has 2 saturated heterocycles. The third-order valence-electron chi connectivity index (χ3n) is 7.20. The normalized spacial score (nSPS) is 24.4. The number of alkyl halides is 3. The Morgan fingerprint density at radius 1 is 1.11 bits per heavy atom. The van der Waals surface area contributed by atoms with E-state index in [1.807, 2.05) is 6.92 Å². The Hall–Kier alpha value is -3.19. The van der Waals surface area contributed by atoms with Gasteiger partial charge in [-0.2, -0.15) is 13.2 Å².